The van der Waals surface area contributed by atoms with Crippen molar-refractivity contribution in [1.29, 1.82) is 0 Å². The zero-order valence-corrected chi connectivity index (χ0v) is 23.9. The molecular formula is C34H34N4O4. The summed E-state index contributed by atoms with van der Waals surface area (Å²) in [6.07, 6.45) is 4.68. The molecule has 3 fully saturated rings. The lowest BCUT2D eigenvalue weighted by molar-refractivity contribution is -0.000565. The molecule has 4 aromatic rings. The summed E-state index contributed by atoms with van der Waals surface area (Å²) in [6.45, 7) is 13.2. The molecule has 3 atom stereocenters. The Bertz CT molecular complexity index is 1690. The lowest BCUT2D eigenvalue weighted by Crippen LogP contribution is -2.63. The largest absolute Gasteiger partial charge is 0.501 e. The Labute approximate surface area is 245 Å². The zero-order valence-electron chi connectivity index (χ0n) is 23.9. The number of furan rings is 1. The minimum absolute atomic E-state index is 0.0117. The number of likely N-dealkylation sites (tertiary alicyclic amines) is 1. The molecule has 1 N–H and O–H groups in total. The molecule has 1 saturated carbocycles. The number of hydrogen-bond donors (Lipinski definition) is 1. The molecule has 2 bridgehead atoms. The molecular weight excluding hydrogens is 528 g/mol. The number of pyridine rings is 1. The maximum atomic E-state index is 13.1. The number of benzene rings is 2. The van der Waals surface area contributed by atoms with Gasteiger partial charge in [0.1, 0.15) is 23.1 Å². The molecule has 2 aliphatic heterocycles. The topological polar surface area (TPSA) is 81.2 Å². The van der Waals surface area contributed by atoms with E-state index in [1.54, 1.807) is 6.20 Å². The smallest absolute Gasteiger partial charge is 0.251 e. The van der Waals surface area contributed by atoms with Crippen molar-refractivity contribution in [2.24, 2.45) is 11.8 Å². The van der Waals surface area contributed by atoms with Gasteiger partial charge in [0.05, 0.1) is 19.8 Å². The highest BCUT2D eigenvalue weighted by molar-refractivity contribution is 5.96. The Balaban J connectivity index is 1.13. The van der Waals surface area contributed by atoms with Crippen molar-refractivity contribution in [3.8, 4) is 28.2 Å². The molecule has 214 valence electrons. The summed E-state index contributed by atoms with van der Waals surface area (Å²) < 4.78 is 18.0. The van der Waals surface area contributed by atoms with E-state index in [1.165, 1.54) is 6.42 Å². The van der Waals surface area contributed by atoms with Crippen LogP contribution in [0.2, 0.25) is 0 Å². The number of hydrogen-bond acceptors (Lipinski definition) is 6. The second-order valence-corrected chi connectivity index (χ2v) is 11.9. The van der Waals surface area contributed by atoms with Crippen molar-refractivity contribution >= 4 is 22.7 Å². The van der Waals surface area contributed by atoms with Gasteiger partial charge in [-0.2, -0.15) is 0 Å². The summed E-state index contributed by atoms with van der Waals surface area (Å²) in [6, 6.07) is 15.6. The summed E-state index contributed by atoms with van der Waals surface area (Å²) >= 11 is 0. The molecule has 8 nitrogen and oxygen atoms in total. The predicted octanol–water partition coefficient (Wildman–Crippen LogP) is 6.26. The van der Waals surface area contributed by atoms with Gasteiger partial charge < -0.3 is 24.1 Å². The molecule has 7 rings (SSSR count). The fourth-order valence-electron chi connectivity index (χ4n) is 6.82. The second kappa shape index (κ2) is 10.9. The molecule has 2 aromatic carbocycles. The number of aryl methyl sites for hydroxylation is 1. The first kappa shape index (κ1) is 26.7. The van der Waals surface area contributed by atoms with Gasteiger partial charge in [-0.1, -0.05) is 12.1 Å². The number of aromatic nitrogens is 1. The lowest BCUT2D eigenvalue weighted by atomic mass is 9.66. The van der Waals surface area contributed by atoms with Crippen LogP contribution in [-0.4, -0.2) is 61.3 Å². The molecule has 1 amide bonds. The van der Waals surface area contributed by atoms with E-state index in [-0.39, 0.29) is 18.1 Å². The predicted molar refractivity (Wildman–Crippen MR) is 161 cm³/mol. The van der Waals surface area contributed by atoms with Gasteiger partial charge >= 0.3 is 0 Å². The van der Waals surface area contributed by atoms with Gasteiger partial charge in [-0.3, -0.25) is 9.78 Å². The second-order valence-electron chi connectivity index (χ2n) is 11.9. The van der Waals surface area contributed by atoms with Crippen LogP contribution in [0.15, 0.2) is 59.1 Å². The van der Waals surface area contributed by atoms with Crippen LogP contribution in [0.5, 0.6) is 5.75 Å². The van der Waals surface area contributed by atoms with Crippen LogP contribution in [-0.2, 0) is 4.74 Å². The van der Waals surface area contributed by atoms with Gasteiger partial charge in [-0.25, -0.2) is 4.85 Å². The molecule has 8 heteroatoms. The van der Waals surface area contributed by atoms with Gasteiger partial charge in [-0.05, 0) is 73.7 Å². The minimum Gasteiger partial charge on any atom is -0.501 e. The number of ether oxygens (including phenoxy) is 2. The third kappa shape index (κ3) is 4.93. The van der Waals surface area contributed by atoms with E-state index >= 15 is 0 Å². The van der Waals surface area contributed by atoms with E-state index < -0.39 is 0 Å². The van der Waals surface area contributed by atoms with Crippen LogP contribution in [0.4, 0.5) is 5.69 Å². The quantitative estimate of drug-likeness (QED) is 0.280. The van der Waals surface area contributed by atoms with Crippen LogP contribution in [0.3, 0.4) is 0 Å². The fourth-order valence-corrected chi connectivity index (χ4v) is 6.82. The fraction of sp³-hybridized carbons (Fsp3) is 0.382. The van der Waals surface area contributed by atoms with Gasteiger partial charge in [-0.15, -0.1) is 0 Å². The minimum atomic E-state index is -0.0117. The highest BCUT2D eigenvalue weighted by atomic mass is 16.5. The van der Waals surface area contributed by atoms with E-state index in [9.17, 15) is 4.79 Å². The van der Waals surface area contributed by atoms with E-state index in [1.807, 2.05) is 55.5 Å². The van der Waals surface area contributed by atoms with Gasteiger partial charge in [0.15, 0.2) is 5.58 Å². The standard InChI is InChI=1S/C34H34N4O4/c1-20-14-22(34(39)37-32-23-15-24(32)19-38(3)18-23)4-6-26(20)31-17-29-33(42-31)27(8-11-36-29)21-5-7-30(28(16-21)35-2)41-25-9-12-40-13-10-25/h4-8,11,14,16-17,23-25,32H,9-10,12-13,15,18-19H2,1,3H3,(H,37,39)/t23-,24+,32?. The third-order valence-corrected chi connectivity index (χ3v) is 9.03. The third-order valence-electron chi connectivity index (χ3n) is 9.03. The Hall–Kier alpha value is -4.19. The van der Waals surface area contributed by atoms with Crippen molar-refractivity contribution < 1.29 is 18.7 Å². The number of rotatable bonds is 6. The first-order chi connectivity index (χ1) is 20.5. The average molecular weight is 563 g/mol. The molecule has 3 aliphatic rings. The summed E-state index contributed by atoms with van der Waals surface area (Å²) in [5, 5.41) is 3.29. The monoisotopic (exact) mass is 562 g/mol. The number of nitrogens with zero attached hydrogens (tertiary/aromatic N) is 3. The van der Waals surface area contributed by atoms with Gasteiger partial charge in [0.25, 0.3) is 5.91 Å². The normalized spacial score (nSPS) is 22.4. The van der Waals surface area contributed by atoms with Gasteiger partial charge in [0.2, 0.25) is 5.69 Å². The molecule has 42 heavy (non-hydrogen) atoms. The van der Waals surface area contributed by atoms with Crippen molar-refractivity contribution in [3.63, 3.8) is 0 Å². The van der Waals surface area contributed by atoms with E-state index in [2.05, 4.69) is 27.1 Å². The zero-order chi connectivity index (χ0) is 28.8. The van der Waals surface area contributed by atoms with Crippen LogP contribution < -0.4 is 10.1 Å². The van der Waals surface area contributed by atoms with Crippen molar-refractivity contribution in [3.05, 3.63) is 77.3 Å². The van der Waals surface area contributed by atoms with Crippen molar-refractivity contribution in [1.82, 2.24) is 15.2 Å². The van der Waals surface area contributed by atoms with Crippen LogP contribution in [0, 0.1) is 25.3 Å². The summed E-state index contributed by atoms with van der Waals surface area (Å²) in [4.78, 5) is 23.8. The maximum absolute atomic E-state index is 13.1. The maximum Gasteiger partial charge on any atom is 0.251 e. The first-order valence-corrected chi connectivity index (χ1v) is 14.7. The summed E-state index contributed by atoms with van der Waals surface area (Å²) in [5.74, 6) is 2.38. The van der Waals surface area contributed by atoms with E-state index in [0.29, 0.717) is 53.4 Å². The number of fused-ring (bicyclic) bond motifs is 3. The van der Waals surface area contributed by atoms with Crippen molar-refractivity contribution in [2.75, 3.05) is 33.4 Å². The number of piperidine rings is 2. The Morgan fingerprint density at radius 1 is 1.07 bits per heavy atom. The average Bonchev–Trinajstić information content (AvgIpc) is 3.44. The van der Waals surface area contributed by atoms with Gasteiger partial charge in [0, 0.05) is 60.9 Å². The molecule has 1 aliphatic carbocycles. The molecule has 2 saturated heterocycles. The molecule has 0 radical (unpaired) electrons. The first-order valence-electron chi connectivity index (χ1n) is 14.7. The summed E-state index contributed by atoms with van der Waals surface area (Å²) in [7, 11) is 2.15. The molecule has 2 aromatic heterocycles. The van der Waals surface area contributed by atoms with E-state index in [0.717, 1.165) is 53.7 Å². The number of nitrogens with one attached hydrogen (secondary N) is 1. The van der Waals surface area contributed by atoms with Crippen LogP contribution in [0.25, 0.3) is 38.4 Å². The van der Waals surface area contributed by atoms with Crippen LogP contribution in [0.1, 0.15) is 35.2 Å². The molecule has 0 spiro atoms. The number of carbonyl (C=O) groups is 1. The van der Waals surface area contributed by atoms with E-state index in [4.69, 9.17) is 20.5 Å². The molecule has 1 unspecified atom stereocenters. The Morgan fingerprint density at radius 3 is 2.64 bits per heavy atom. The Morgan fingerprint density at radius 2 is 1.88 bits per heavy atom. The SMILES string of the molecule is [C-]#[N+]c1cc(-c2ccnc3cc(-c4ccc(C(=O)NC5[C@@H]6C[C@H]5CN(C)C6)cc4C)oc23)ccc1OC1CCOCC1. The number of carbonyl (C=O) groups excluding carboxylic acids is 1. The number of amides is 1. The van der Waals surface area contributed by atoms with Crippen molar-refractivity contribution in [2.45, 2.75) is 38.3 Å². The highest BCUT2D eigenvalue weighted by Gasteiger charge is 2.46. The lowest BCUT2D eigenvalue weighted by Gasteiger charge is -2.52. The molecule has 4 heterocycles. The van der Waals surface area contributed by atoms with Crippen LogP contribution >= 0.6 is 0 Å². The highest BCUT2D eigenvalue weighted by Crippen LogP contribution is 2.41. The Kier molecular flexibility index (Phi) is 6.93. The summed E-state index contributed by atoms with van der Waals surface area (Å²) in [5.41, 5.74) is 6.13.